The summed E-state index contributed by atoms with van der Waals surface area (Å²) in [5.41, 5.74) is 9.11. The molecule has 0 aliphatic rings. The summed E-state index contributed by atoms with van der Waals surface area (Å²) in [6.07, 6.45) is 4.56. The zero-order valence-corrected chi connectivity index (χ0v) is 15.2. The number of hydrogen-bond donors (Lipinski definition) is 2. The Morgan fingerprint density at radius 2 is 2.10 bits per heavy atom. The molecular formula is C15H18Br2N4. The van der Waals surface area contributed by atoms with Gasteiger partial charge in [0.05, 0.1) is 11.7 Å². The number of nitrogens with one attached hydrogen (secondary N) is 1. The highest BCUT2D eigenvalue weighted by atomic mass is 79.9. The second kappa shape index (κ2) is 7.33. The van der Waals surface area contributed by atoms with E-state index in [4.69, 9.17) is 5.73 Å². The van der Waals surface area contributed by atoms with E-state index in [1.165, 1.54) is 0 Å². The zero-order chi connectivity index (χ0) is 15.4. The molecule has 0 radical (unpaired) electrons. The molecule has 0 aromatic carbocycles. The van der Waals surface area contributed by atoms with Gasteiger partial charge in [0.15, 0.2) is 0 Å². The third kappa shape index (κ3) is 3.81. The van der Waals surface area contributed by atoms with Crippen molar-refractivity contribution in [2.45, 2.75) is 26.3 Å². The first-order chi connectivity index (χ1) is 10.0. The summed E-state index contributed by atoms with van der Waals surface area (Å²) in [6, 6.07) is 3.88. The molecule has 3 N–H and O–H groups in total. The number of aryl methyl sites for hydroxylation is 1. The van der Waals surface area contributed by atoms with Crippen LogP contribution in [0.5, 0.6) is 0 Å². The van der Waals surface area contributed by atoms with Crippen molar-refractivity contribution in [3.05, 3.63) is 50.3 Å². The Labute approximate surface area is 141 Å². The highest BCUT2D eigenvalue weighted by Crippen LogP contribution is 2.32. The first-order valence-corrected chi connectivity index (χ1v) is 8.38. The summed E-state index contributed by atoms with van der Waals surface area (Å²) < 4.78 is 1.87. The summed E-state index contributed by atoms with van der Waals surface area (Å²) in [7, 11) is 0. The van der Waals surface area contributed by atoms with E-state index in [1.54, 1.807) is 12.4 Å². The van der Waals surface area contributed by atoms with Gasteiger partial charge >= 0.3 is 0 Å². The van der Waals surface area contributed by atoms with Crippen molar-refractivity contribution in [3.63, 3.8) is 0 Å². The summed E-state index contributed by atoms with van der Waals surface area (Å²) in [5.74, 6) is 0.542. The van der Waals surface area contributed by atoms with Crippen molar-refractivity contribution < 1.29 is 0 Å². The van der Waals surface area contributed by atoms with E-state index in [0.717, 1.165) is 38.7 Å². The molecule has 112 valence electrons. The third-order valence-electron chi connectivity index (χ3n) is 3.24. The summed E-state index contributed by atoms with van der Waals surface area (Å²) in [4.78, 5) is 8.78. The van der Waals surface area contributed by atoms with E-state index < -0.39 is 0 Å². The van der Waals surface area contributed by atoms with Crippen molar-refractivity contribution >= 4 is 37.7 Å². The van der Waals surface area contributed by atoms with E-state index in [2.05, 4.69) is 54.1 Å². The van der Waals surface area contributed by atoms with Crippen LogP contribution in [0, 0.1) is 6.92 Å². The predicted molar refractivity (Wildman–Crippen MR) is 93.2 cm³/mol. The van der Waals surface area contributed by atoms with E-state index in [1.807, 2.05) is 19.1 Å². The SMILES string of the molecule is CCCNC(c1ncc(Br)cc1Br)c1c(C)ccnc1N. The molecule has 1 unspecified atom stereocenters. The van der Waals surface area contributed by atoms with E-state index in [9.17, 15) is 0 Å². The Morgan fingerprint density at radius 3 is 2.71 bits per heavy atom. The number of halogens is 2. The van der Waals surface area contributed by atoms with Gasteiger partial charge in [-0.05, 0) is 69.4 Å². The maximum absolute atomic E-state index is 6.11. The lowest BCUT2D eigenvalue weighted by atomic mass is 9.99. The molecule has 21 heavy (non-hydrogen) atoms. The molecule has 2 rings (SSSR count). The molecule has 0 aliphatic heterocycles. The maximum atomic E-state index is 6.11. The molecule has 0 saturated carbocycles. The van der Waals surface area contributed by atoms with Crippen LogP contribution < -0.4 is 11.1 Å². The fraction of sp³-hybridized carbons (Fsp3) is 0.333. The van der Waals surface area contributed by atoms with E-state index >= 15 is 0 Å². The molecule has 6 heteroatoms. The molecule has 2 aromatic rings. The van der Waals surface area contributed by atoms with Crippen LogP contribution in [0.4, 0.5) is 5.82 Å². The van der Waals surface area contributed by atoms with Crippen LogP contribution in [0.2, 0.25) is 0 Å². The number of nitrogens with zero attached hydrogens (tertiary/aromatic N) is 2. The lowest BCUT2D eigenvalue weighted by Gasteiger charge is -2.22. The van der Waals surface area contributed by atoms with Crippen molar-refractivity contribution in [1.29, 1.82) is 0 Å². The topological polar surface area (TPSA) is 63.8 Å². The molecule has 0 aliphatic carbocycles. The number of nitrogen functional groups attached to an aromatic ring is 1. The van der Waals surface area contributed by atoms with Crippen LogP contribution in [-0.4, -0.2) is 16.5 Å². The molecular weight excluding hydrogens is 396 g/mol. The molecule has 2 heterocycles. The minimum absolute atomic E-state index is 0.0823. The molecule has 2 aromatic heterocycles. The van der Waals surface area contributed by atoms with Crippen LogP contribution in [0.25, 0.3) is 0 Å². The average molecular weight is 414 g/mol. The minimum atomic E-state index is -0.0823. The lowest BCUT2D eigenvalue weighted by Crippen LogP contribution is -2.26. The van der Waals surface area contributed by atoms with Crippen LogP contribution in [0.3, 0.4) is 0 Å². The number of nitrogens with two attached hydrogens (primary N) is 1. The maximum Gasteiger partial charge on any atom is 0.128 e. The van der Waals surface area contributed by atoms with Gasteiger partial charge in [0, 0.05) is 26.9 Å². The highest BCUT2D eigenvalue weighted by molar-refractivity contribution is 9.11. The minimum Gasteiger partial charge on any atom is -0.383 e. The van der Waals surface area contributed by atoms with Gasteiger partial charge in [-0.25, -0.2) is 4.98 Å². The number of hydrogen-bond acceptors (Lipinski definition) is 4. The molecule has 4 nitrogen and oxygen atoms in total. The predicted octanol–water partition coefficient (Wildman–Crippen LogP) is 3.98. The zero-order valence-electron chi connectivity index (χ0n) is 12.0. The van der Waals surface area contributed by atoms with Crippen molar-refractivity contribution in [2.75, 3.05) is 12.3 Å². The fourth-order valence-corrected chi connectivity index (χ4v) is 3.44. The molecule has 0 bridgehead atoms. The number of rotatable bonds is 5. The van der Waals surface area contributed by atoms with Gasteiger partial charge in [0.2, 0.25) is 0 Å². The first kappa shape index (κ1) is 16.4. The first-order valence-electron chi connectivity index (χ1n) is 6.79. The molecule has 0 amide bonds. The number of pyridine rings is 2. The summed E-state index contributed by atoms with van der Waals surface area (Å²) in [5, 5.41) is 3.52. The Hall–Kier alpha value is -0.980. The molecule has 0 saturated heterocycles. The monoisotopic (exact) mass is 412 g/mol. The van der Waals surface area contributed by atoms with Crippen molar-refractivity contribution in [2.24, 2.45) is 0 Å². The second-order valence-electron chi connectivity index (χ2n) is 4.83. The Bertz CT molecular complexity index is 611. The number of aromatic nitrogens is 2. The van der Waals surface area contributed by atoms with Gasteiger partial charge in [0.1, 0.15) is 5.82 Å². The van der Waals surface area contributed by atoms with Crippen molar-refractivity contribution in [3.8, 4) is 0 Å². The van der Waals surface area contributed by atoms with Gasteiger partial charge in [0.25, 0.3) is 0 Å². The van der Waals surface area contributed by atoms with Crippen LogP contribution in [0.1, 0.15) is 36.2 Å². The quantitative estimate of drug-likeness (QED) is 0.777. The largest absolute Gasteiger partial charge is 0.383 e. The fourth-order valence-electron chi connectivity index (χ4n) is 2.23. The number of anilines is 1. The van der Waals surface area contributed by atoms with Gasteiger partial charge in [-0.15, -0.1) is 0 Å². The van der Waals surface area contributed by atoms with Crippen molar-refractivity contribution in [1.82, 2.24) is 15.3 Å². The van der Waals surface area contributed by atoms with Gasteiger partial charge in [-0.3, -0.25) is 4.98 Å². The Kier molecular flexibility index (Phi) is 5.72. The lowest BCUT2D eigenvalue weighted by molar-refractivity contribution is 0.582. The Balaban J connectivity index is 2.52. The third-order valence-corrected chi connectivity index (χ3v) is 4.30. The Morgan fingerprint density at radius 1 is 1.33 bits per heavy atom. The van der Waals surface area contributed by atoms with Crippen LogP contribution >= 0.6 is 31.9 Å². The van der Waals surface area contributed by atoms with Crippen LogP contribution in [-0.2, 0) is 0 Å². The highest BCUT2D eigenvalue weighted by Gasteiger charge is 2.22. The molecule has 0 spiro atoms. The smallest absolute Gasteiger partial charge is 0.128 e. The molecule has 1 atom stereocenters. The second-order valence-corrected chi connectivity index (χ2v) is 6.60. The van der Waals surface area contributed by atoms with Gasteiger partial charge in [-0.1, -0.05) is 6.92 Å². The van der Waals surface area contributed by atoms with Gasteiger partial charge in [-0.2, -0.15) is 0 Å². The average Bonchev–Trinajstić information content (AvgIpc) is 2.43. The standard InChI is InChI=1S/C15H18Br2N4/c1-3-5-19-14(12-9(2)4-6-20-15(12)18)13-11(17)7-10(16)8-21-13/h4,6-8,14,19H,3,5H2,1-2H3,(H2,18,20). The van der Waals surface area contributed by atoms with Gasteiger partial charge < -0.3 is 11.1 Å². The van der Waals surface area contributed by atoms with Crippen LogP contribution in [0.15, 0.2) is 33.5 Å². The van der Waals surface area contributed by atoms with E-state index in [-0.39, 0.29) is 6.04 Å². The van der Waals surface area contributed by atoms with E-state index in [0.29, 0.717) is 5.82 Å². The molecule has 0 fully saturated rings. The summed E-state index contributed by atoms with van der Waals surface area (Å²) >= 11 is 7.03. The summed E-state index contributed by atoms with van der Waals surface area (Å²) in [6.45, 7) is 5.05. The normalized spacial score (nSPS) is 12.4.